The van der Waals surface area contributed by atoms with E-state index in [0.717, 1.165) is 34.5 Å². The first kappa shape index (κ1) is 17.5. The molecule has 0 atom stereocenters. The summed E-state index contributed by atoms with van der Waals surface area (Å²) in [6.07, 6.45) is 2.44. The molecule has 4 aromatic rings. The quantitative estimate of drug-likeness (QED) is 0.473. The number of carbonyl (C=O) groups is 1. The molecule has 2 aromatic carbocycles. The molecule has 7 heteroatoms. The fourth-order valence-electron chi connectivity index (χ4n) is 4.42. The molecule has 1 fully saturated rings. The molecular weight excluding hydrogens is 385 g/mol. The number of aromatic nitrogens is 3. The zero-order valence-electron chi connectivity index (χ0n) is 16.5. The molecule has 0 spiro atoms. The van der Waals surface area contributed by atoms with E-state index < -0.39 is 5.97 Å². The fourth-order valence-corrected chi connectivity index (χ4v) is 4.42. The van der Waals surface area contributed by atoms with Gasteiger partial charge in [-0.1, -0.05) is 0 Å². The summed E-state index contributed by atoms with van der Waals surface area (Å²) in [6.45, 7) is 2.05. The molecular formula is C23H20FN3O3. The van der Waals surface area contributed by atoms with Crippen LogP contribution >= 0.6 is 0 Å². The first-order chi connectivity index (χ1) is 14.6. The molecule has 2 aromatic heterocycles. The Labute approximate surface area is 171 Å². The van der Waals surface area contributed by atoms with Crippen LogP contribution < -0.4 is 4.74 Å². The summed E-state index contributed by atoms with van der Waals surface area (Å²) < 4.78 is 29.0. The summed E-state index contributed by atoms with van der Waals surface area (Å²) in [6, 6.07) is 10.4. The third-order valence-electron chi connectivity index (χ3n) is 6.03. The van der Waals surface area contributed by atoms with Crippen LogP contribution in [0.1, 0.15) is 23.2 Å². The number of nitrogens with zero attached hydrogens (tertiary/aromatic N) is 3. The number of imidazole rings is 1. The van der Waals surface area contributed by atoms with E-state index >= 15 is 0 Å². The number of rotatable bonds is 4. The van der Waals surface area contributed by atoms with Gasteiger partial charge in [0.1, 0.15) is 23.7 Å². The molecule has 0 bridgehead atoms. The summed E-state index contributed by atoms with van der Waals surface area (Å²) in [7, 11) is 1.36. The van der Waals surface area contributed by atoms with Gasteiger partial charge >= 0.3 is 5.97 Å². The van der Waals surface area contributed by atoms with Crippen LogP contribution in [0.2, 0.25) is 0 Å². The second kappa shape index (κ2) is 6.32. The van der Waals surface area contributed by atoms with Crippen LogP contribution in [0.3, 0.4) is 0 Å². The van der Waals surface area contributed by atoms with Crippen LogP contribution in [0.4, 0.5) is 4.39 Å². The highest BCUT2D eigenvalue weighted by molar-refractivity contribution is 5.97. The number of esters is 1. The molecule has 6 nitrogen and oxygen atoms in total. The van der Waals surface area contributed by atoms with Crippen LogP contribution in [0.15, 0.2) is 36.4 Å². The largest absolute Gasteiger partial charge is 0.489 e. The van der Waals surface area contributed by atoms with Crippen molar-refractivity contribution in [2.24, 2.45) is 5.92 Å². The summed E-state index contributed by atoms with van der Waals surface area (Å²) in [5, 5.41) is 0.869. The minimum Gasteiger partial charge on any atom is -0.489 e. The predicted octanol–water partition coefficient (Wildman–Crippen LogP) is 4.39. The third kappa shape index (κ3) is 2.61. The first-order valence-corrected chi connectivity index (χ1v) is 10.2. The Bertz CT molecular complexity index is 1330. The van der Waals surface area contributed by atoms with E-state index in [0.29, 0.717) is 35.9 Å². The van der Waals surface area contributed by atoms with E-state index in [2.05, 4.69) is 9.13 Å². The van der Waals surface area contributed by atoms with Crippen molar-refractivity contribution in [2.75, 3.05) is 13.7 Å². The molecule has 0 radical (unpaired) electrons. The van der Waals surface area contributed by atoms with E-state index in [1.807, 2.05) is 12.1 Å². The van der Waals surface area contributed by atoms with Crippen LogP contribution in [0, 0.1) is 11.7 Å². The lowest BCUT2D eigenvalue weighted by atomic mass is 10.1. The molecule has 0 N–H and O–H groups in total. The molecule has 3 heterocycles. The van der Waals surface area contributed by atoms with Gasteiger partial charge in [-0.15, -0.1) is 0 Å². The van der Waals surface area contributed by atoms with E-state index in [4.69, 9.17) is 14.5 Å². The maximum absolute atomic E-state index is 13.9. The van der Waals surface area contributed by atoms with Crippen molar-refractivity contribution in [2.45, 2.75) is 25.9 Å². The lowest BCUT2D eigenvalue weighted by Gasteiger charge is -2.19. The van der Waals surface area contributed by atoms with E-state index in [-0.39, 0.29) is 5.82 Å². The van der Waals surface area contributed by atoms with Crippen LogP contribution in [-0.2, 0) is 17.8 Å². The number of benzene rings is 2. The Morgan fingerprint density at radius 2 is 2.13 bits per heavy atom. The SMILES string of the molecule is COC(=O)c1cc2c3c(c1)nc(-c1cc4cc(F)ccc4n1CC1CC1)n3CCO2. The summed E-state index contributed by atoms with van der Waals surface area (Å²) in [5.74, 6) is 1.44. The molecule has 0 amide bonds. The smallest absolute Gasteiger partial charge is 0.338 e. The fraction of sp³-hybridized carbons (Fsp3) is 0.304. The Morgan fingerprint density at radius 1 is 1.27 bits per heavy atom. The van der Waals surface area contributed by atoms with E-state index in [1.165, 1.54) is 26.0 Å². The number of ether oxygens (including phenoxy) is 2. The zero-order chi connectivity index (χ0) is 20.4. The Hall–Kier alpha value is -3.35. The molecule has 2 aliphatic rings. The second-order valence-corrected chi connectivity index (χ2v) is 8.06. The maximum Gasteiger partial charge on any atom is 0.338 e. The van der Waals surface area contributed by atoms with Crippen molar-refractivity contribution in [1.82, 2.24) is 14.1 Å². The standard InChI is InChI=1S/C23H20FN3O3/c1-29-23(28)15-9-17-21-20(11-15)30-7-6-26(21)22(25-17)19-10-14-8-16(24)4-5-18(14)27(19)12-13-2-3-13/h4-5,8-11,13H,2-3,6-7,12H2,1H3. The highest BCUT2D eigenvalue weighted by Gasteiger charge is 2.28. The van der Waals surface area contributed by atoms with Crippen LogP contribution in [0.25, 0.3) is 33.5 Å². The first-order valence-electron chi connectivity index (χ1n) is 10.2. The minimum absolute atomic E-state index is 0.245. The molecule has 152 valence electrons. The predicted molar refractivity (Wildman–Crippen MR) is 110 cm³/mol. The van der Waals surface area contributed by atoms with Gasteiger partial charge < -0.3 is 18.6 Å². The molecule has 1 aliphatic heterocycles. The van der Waals surface area contributed by atoms with Crippen molar-refractivity contribution in [1.29, 1.82) is 0 Å². The van der Waals surface area contributed by atoms with Gasteiger partial charge in [-0.05, 0) is 55.2 Å². The van der Waals surface area contributed by atoms with Gasteiger partial charge in [0.25, 0.3) is 0 Å². The zero-order valence-corrected chi connectivity index (χ0v) is 16.5. The van der Waals surface area contributed by atoms with Crippen LogP contribution in [0.5, 0.6) is 5.75 Å². The molecule has 0 unspecified atom stereocenters. The van der Waals surface area contributed by atoms with Crippen LogP contribution in [-0.4, -0.2) is 33.8 Å². The third-order valence-corrected chi connectivity index (χ3v) is 6.03. The van der Waals surface area contributed by atoms with Crippen molar-refractivity contribution >= 4 is 27.9 Å². The molecule has 1 aliphatic carbocycles. The highest BCUT2D eigenvalue weighted by Crippen LogP contribution is 2.39. The molecule has 1 saturated carbocycles. The summed E-state index contributed by atoms with van der Waals surface area (Å²) in [5.41, 5.74) is 3.96. The lowest BCUT2D eigenvalue weighted by Crippen LogP contribution is -2.16. The van der Waals surface area contributed by atoms with Gasteiger partial charge in [-0.2, -0.15) is 0 Å². The van der Waals surface area contributed by atoms with Gasteiger partial charge in [0.05, 0.1) is 30.4 Å². The highest BCUT2D eigenvalue weighted by atomic mass is 19.1. The van der Waals surface area contributed by atoms with Gasteiger partial charge in [0.2, 0.25) is 0 Å². The van der Waals surface area contributed by atoms with Gasteiger partial charge in [0.15, 0.2) is 5.82 Å². The Balaban J connectivity index is 1.61. The summed E-state index contributed by atoms with van der Waals surface area (Å²) in [4.78, 5) is 17.0. The van der Waals surface area contributed by atoms with Crippen molar-refractivity contribution in [3.8, 4) is 17.3 Å². The van der Waals surface area contributed by atoms with Crippen molar-refractivity contribution in [3.05, 3.63) is 47.8 Å². The monoisotopic (exact) mass is 405 g/mol. The van der Waals surface area contributed by atoms with E-state index in [1.54, 1.807) is 18.2 Å². The number of hydrogen-bond donors (Lipinski definition) is 0. The number of carbonyl (C=O) groups excluding carboxylic acids is 1. The lowest BCUT2D eigenvalue weighted by molar-refractivity contribution is 0.0600. The topological polar surface area (TPSA) is 58.3 Å². The minimum atomic E-state index is -0.420. The van der Waals surface area contributed by atoms with Crippen molar-refractivity contribution in [3.63, 3.8) is 0 Å². The van der Waals surface area contributed by atoms with Gasteiger partial charge in [0, 0.05) is 17.4 Å². The normalized spacial score (nSPS) is 15.5. The number of fused-ring (bicyclic) bond motifs is 1. The average Bonchev–Trinajstić information content (AvgIpc) is 3.40. The van der Waals surface area contributed by atoms with Gasteiger partial charge in [-0.25, -0.2) is 14.2 Å². The number of halogens is 1. The Kier molecular flexibility index (Phi) is 3.69. The van der Waals surface area contributed by atoms with E-state index in [9.17, 15) is 9.18 Å². The molecule has 6 rings (SSSR count). The maximum atomic E-state index is 13.9. The Morgan fingerprint density at radius 3 is 2.93 bits per heavy atom. The number of hydrogen-bond acceptors (Lipinski definition) is 4. The number of methoxy groups -OCH3 is 1. The second-order valence-electron chi connectivity index (χ2n) is 8.06. The molecule has 0 saturated heterocycles. The summed E-state index contributed by atoms with van der Waals surface area (Å²) >= 11 is 0. The average molecular weight is 405 g/mol. The van der Waals surface area contributed by atoms with Gasteiger partial charge in [-0.3, -0.25) is 0 Å². The molecule has 30 heavy (non-hydrogen) atoms. The van der Waals surface area contributed by atoms with Crippen molar-refractivity contribution < 1.29 is 18.7 Å².